The fourth-order valence-electron chi connectivity index (χ4n) is 1.24. The molecule has 2 amide bonds. The average molecular weight is 279 g/mol. The van der Waals surface area contributed by atoms with Gasteiger partial charge in [0.2, 0.25) is 11.8 Å². The van der Waals surface area contributed by atoms with Crippen LogP contribution in [0.5, 0.6) is 0 Å². The van der Waals surface area contributed by atoms with E-state index < -0.39 is 6.04 Å². The van der Waals surface area contributed by atoms with Gasteiger partial charge in [0.25, 0.3) is 0 Å². The molecule has 0 saturated heterocycles. The third-order valence-electron chi connectivity index (χ3n) is 1.90. The molecule has 88 valence electrons. The van der Waals surface area contributed by atoms with Gasteiger partial charge in [0, 0.05) is 14.1 Å². The Kier molecular flexibility index (Phi) is 6.56. The van der Waals surface area contributed by atoms with Crippen molar-refractivity contribution in [3.8, 4) is 0 Å². The average Bonchev–Trinajstić information content (AvgIpc) is 2.14. The highest BCUT2D eigenvalue weighted by Gasteiger charge is 2.22. The zero-order valence-corrected chi connectivity index (χ0v) is 11.3. The van der Waals surface area contributed by atoms with Crippen LogP contribution in [0.15, 0.2) is 0 Å². The predicted molar refractivity (Wildman–Crippen MR) is 63.9 cm³/mol. The van der Waals surface area contributed by atoms with Crippen LogP contribution in [0.25, 0.3) is 0 Å². The predicted octanol–water partition coefficient (Wildman–Crippen LogP) is 1.00. The molecule has 0 bridgehead atoms. The van der Waals surface area contributed by atoms with Gasteiger partial charge in [-0.15, -0.1) is 0 Å². The summed E-state index contributed by atoms with van der Waals surface area (Å²) in [6.07, 6.45) is 0.662. The maximum atomic E-state index is 11.7. The van der Waals surface area contributed by atoms with Crippen molar-refractivity contribution in [2.45, 2.75) is 26.3 Å². The van der Waals surface area contributed by atoms with Gasteiger partial charge in [-0.25, -0.2) is 0 Å². The number of carbonyl (C=O) groups excluding carboxylic acids is 2. The molecule has 0 aliphatic heterocycles. The molecule has 0 rings (SSSR count). The summed E-state index contributed by atoms with van der Waals surface area (Å²) in [7, 11) is 3.38. The number of alkyl halides is 1. The number of hydrogen-bond acceptors (Lipinski definition) is 2. The largest absolute Gasteiger partial charge is 0.347 e. The second-order valence-electron chi connectivity index (χ2n) is 4.12. The van der Waals surface area contributed by atoms with Crippen molar-refractivity contribution in [2.75, 3.05) is 19.4 Å². The molecule has 1 unspecified atom stereocenters. The maximum Gasteiger partial charge on any atom is 0.244 e. The number of hydrogen-bond donors (Lipinski definition) is 1. The van der Waals surface area contributed by atoms with Gasteiger partial charge in [-0.1, -0.05) is 29.8 Å². The zero-order valence-electron chi connectivity index (χ0n) is 9.71. The molecule has 1 atom stereocenters. The molecular weight excluding hydrogens is 260 g/mol. The maximum absolute atomic E-state index is 11.7. The Bertz CT molecular complexity index is 229. The lowest BCUT2D eigenvalue weighted by Gasteiger charge is -2.22. The molecule has 0 fully saturated rings. The van der Waals surface area contributed by atoms with E-state index in [-0.39, 0.29) is 17.1 Å². The first-order chi connectivity index (χ1) is 6.88. The van der Waals surface area contributed by atoms with Crippen LogP contribution in [-0.2, 0) is 9.59 Å². The molecule has 0 aliphatic carbocycles. The van der Waals surface area contributed by atoms with Crippen LogP contribution in [-0.4, -0.2) is 42.2 Å². The summed E-state index contributed by atoms with van der Waals surface area (Å²) in [5.41, 5.74) is 0. The monoisotopic (exact) mass is 278 g/mol. The van der Waals surface area contributed by atoms with Crippen molar-refractivity contribution in [1.29, 1.82) is 0 Å². The lowest BCUT2D eigenvalue weighted by atomic mass is 10.0. The van der Waals surface area contributed by atoms with Crippen LogP contribution in [0.3, 0.4) is 0 Å². The number of halogens is 1. The first kappa shape index (κ1) is 14.4. The van der Waals surface area contributed by atoms with E-state index in [0.717, 1.165) is 0 Å². The first-order valence-corrected chi connectivity index (χ1v) is 6.07. The van der Waals surface area contributed by atoms with E-state index in [9.17, 15) is 9.59 Å². The van der Waals surface area contributed by atoms with Gasteiger partial charge in [0.15, 0.2) is 0 Å². The smallest absolute Gasteiger partial charge is 0.244 e. The third-order valence-corrected chi connectivity index (χ3v) is 2.41. The highest BCUT2D eigenvalue weighted by molar-refractivity contribution is 9.09. The Balaban J connectivity index is 4.43. The molecule has 5 heteroatoms. The quantitative estimate of drug-likeness (QED) is 0.763. The van der Waals surface area contributed by atoms with Crippen LogP contribution in [0.4, 0.5) is 0 Å². The number of nitrogens with one attached hydrogen (secondary N) is 1. The minimum Gasteiger partial charge on any atom is -0.347 e. The van der Waals surface area contributed by atoms with Gasteiger partial charge >= 0.3 is 0 Å². The molecule has 0 spiro atoms. The molecule has 0 radical (unpaired) electrons. The van der Waals surface area contributed by atoms with Crippen LogP contribution in [0.2, 0.25) is 0 Å². The van der Waals surface area contributed by atoms with Crippen LogP contribution in [0.1, 0.15) is 20.3 Å². The Morgan fingerprint density at radius 1 is 1.33 bits per heavy atom. The Labute approximate surface area is 99.5 Å². The molecule has 0 saturated carbocycles. The summed E-state index contributed by atoms with van der Waals surface area (Å²) < 4.78 is 0. The van der Waals surface area contributed by atoms with Gasteiger partial charge in [0.1, 0.15) is 6.04 Å². The SMILES string of the molecule is CC(C)CC(NC(=O)CBr)C(=O)N(C)C. The van der Waals surface area contributed by atoms with E-state index in [4.69, 9.17) is 0 Å². The summed E-state index contributed by atoms with van der Waals surface area (Å²) in [6, 6.07) is -0.412. The van der Waals surface area contributed by atoms with Crippen molar-refractivity contribution in [3.05, 3.63) is 0 Å². The lowest BCUT2D eigenvalue weighted by molar-refractivity contribution is -0.134. The number of likely N-dealkylation sites (N-methyl/N-ethyl adjacent to an activating group) is 1. The van der Waals surface area contributed by atoms with Gasteiger partial charge in [-0.05, 0) is 12.3 Å². The van der Waals surface area contributed by atoms with E-state index in [1.165, 1.54) is 4.90 Å². The minimum absolute atomic E-state index is 0.0574. The minimum atomic E-state index is -0.412. The van der Waals surface area contributed by atoms with Crippen LogP contribution < -0.4 is 5.32 Å². The number of amides is 2. The van der Waals surface area contributed by atoms with E-state index >= 15 is 0 Å². The second-order valence-corrected chi connectivity index (χ2v) is 4.68. The molecule has 0 aromatic carbocycles. The Morgan fingerprint density at radius 2 is 1.87 bits per heavy atom. The summed E-state index contributed by atoms with van der Waals surface area (Å²) >= 11 is 3.06. The number of carbonyl (C=O) groups is 2. The van der Waals surface area contributed by atoms with Crippen molar-refractivity contribution in [1.82, 2.24) is 10.2 Å². The zero-order chi connectivity index (χ0) is 12.0. The van der Waals surface area contributed by atoms with Crippen LogP contribution >= 0.6 is 15.9 Å². The third kappa shape index (κ3) is 5.77. The molecule has 0 heterocycles. The fraction of sp³-hybridized carbons (Fsp3) is 0.800. The summed E-state index contributed by atoms with van der Waals surface area (Å²) in [6.45, 7) is 4.05. The highest BCUT2D eigenvalue weighted by atomic mass is 79.9. The molecule has 0 aromatic rings. The summed E-state index contributed by atoms with van der Waals surface area (Å²) in [5.74, 6) is 0.156. The van der Waals surface area contributed by atoms with Gasteiger partial charge in [0.05, 0.1) is 5.33 Å². The van der Waals surface area contributed by atoms with E-state index in [1.807, 2.05) is 13.8 Å². The van der Waals surface area contributed by atoms with E-state index in [1.54, 1.807) is 14.1 Å². The van der Waals surface area contributed by atoms with Crippen molar-refractivity contribution < 1.29 is 9.59 Å². The van der Waals surface area contributed by atoms with E-state index in [0.29, 0.717) is 12.3 Å². The second kappa shape index (κ2) is 6.82. The fourth-order valence-corrected chi connectivity index (χ4v) is 1.40. The van der Waals surface area contributed by atoms with Gasteiger partial charge in [-0.3, -0.25) is 9.59 Å². The molecular formula is C10H19BrN2O2. The topological polar surface area (TPSA) is 49.4 Å². The Morgan fingerprint density at radius 3 is 2.20 bits per heavy atom. The highest BCUT2D eigenvalue weighted by Crippen LogP contribution is 2.06. The van der Waals surface area contributed by atoms with Crippen molar-refractivity contribution >= 4 is 27.7 Å². The Hall–Kier alpha value is -0.580. The molecule has 4 nitrogen and oxygen atoms in total. The summed E-state index contributed by atoms with van der Waals surface area (Å²) in [5, 5.41) is 2.93. The normalized spacial score (nSPS) is 12.4. The standard InChI is InChI=1S/C10H19BrN2O2/c1-7(2)5-8(10(15)13(3)4)12-9(14)6-11/h7-8H,5-6H2,1-4H3,(H,12,14). The van der Waals surface area contributed by atoms with Crippen molar-refractivity contribution in [3.63, 3.8) is 0 Å². The molecule has 0 aliphatic rings. The number of nitrogens with zero attached hydrogens (tertiary/aromatic N) is 1. The van der Waals surface area contributed by atoms with Gasteiger partial charge < -0.3 is 10.2 Å². The first-order valence-electron chi connectivity index (χ1n) is 4.95. The lowest BCUT2D eigenvalue weighted by Crippen LogP contribution is -2.47. The molecule has 15 heavy (non-hydrogen) atoms. The van der Waals surface area contributed by atoms with Gasteiger partial charge in [-0.2, -0.15) is 0 Å². The summed E-state index contributed by atoms with van der Waals surface area (Å²) in [4.78, 5) is 24.4. The number of rotatable bonds is 5. The van der Waals surface area contributed by atoms with Crippen molar-refractivity contribution in [2.24, 2.45) is 5.92 Å². The van der Waals surface area contributed by atoms with E-state index in [2.05, 4.69) is 21.2 Å². The van der Waals surface area contributed by atoms with Crippen LogP contribution in [0, 0.1) is 5.92 Å². The molecule has 0 aromatic heterocycles. The molecule has 1 N–H and O–H groups in total.